The molecule has 0 aliphatic rings. The number of carbonyl (C=O) groups excluding carboxylic acids is 1. The van der Waals surface area contributed by atoms with Crippen LogP contribution in [0.15, 0.2) is 61.2 Å². The SMILES string of the molecule is C=CCNC(=O)Nc1ccc(C)cc1OCc1ccccc1. The van der Waals surface area contributed by atoms with Gasteiger partial charge >= 0.3 is 6.03 Å². The zero-order valence-electron chi connectivity index (χ0n) is 12.6. The lowest BCUT2D eigenvalue weighted by Crippen LogP contribution is -2.28. The molecule has 0 atom stereocenters. The molecule has 0 saturated carbocycles. The number of hydrogen-bond donors (Lipinski definition) is 2. The number of hydrogen-bond acceptors (Lipinski definition) is 2. The molecule has 0 aliphatic heterocycles. The lowest BCUT2D eigenvalue weighted by atomic mass is 10.2. The van der Waals surface area contributed by atoms with Crippen LogP contribution in [0.5, 0.6) is 5.75 Å². The summed E-state index contributed by atoms with van der Waals surface area (Å²) in [6.45, 7) is 6.41. The Balaban J connectivity index is 2.07. The van der Waals surface area contributed by atoms with E-state index in [1.54, 1.807) is 6.08 Å². The molecule has 0 radical (unpaired) electrons. The summed E-state index contributed by atoms with van der Waals surface area (Å²) in [4.78, 5) is 11.8. The zero-order chi connectivity index (χ0) is 15.8. The Hall–Kier alpha value is -2.75. The molecule has 0 fully saturated rings. The molecule has 0 heterocycles. The highest BCUT2D eigenvalue weighted by Crippen LogP contribution is 2.26. The maximum absolute atomic E-state index is 11.8. The third-order valence-corrected chi connectivity index (χ3v) is 3.03. The fourth-order valence-corrected chi connectivity index (χ4v) is 1.92. The van der Waals surface area contributed by atoms with E-state index in [9.17, 15) is 4.79 Å². The van der Waals surface area contributed by atoms with E-state index in [2.05, 4.69) is 17.2 Å². The van der Waals surface area contributed by atoms with E-state index in [0.29, 0.717) is 24.6 Å². The van der Waals surface area contributed by atoms with Crippen LogP contribution < -0.4 is 15.4 Å². The van der Waals surface area contributed by atoms with Crippen LogP contribution in [0, 0.1) is 6.92 Å². The summed E-state index contributed by atoms with van der Waals surface area (Å²) < 4.78 is 5.85. The first-order chi connectivity index (χ1) is 10.7. The van der Waals surface area contributed by atoms with E-state index in [0.717, 1.165) is 11.1 Å². The van der Waals surface area contributed by atoms with Crippen LogP contribution in [-0.4, -0.2) is 12.6 Å². The van der Waals surface area contributed by atoms with Crippen LogP contribution in [0.1, 0.15) is 11.1 Å². The molecular weight excluding hydrogens is 276 g/mol. The number of anilines is 1. The lowest BCUT2D eigenvalue weighted by molar-refractivity contribution is 0.252. The van der Waals surface area contributed by atoms with E-state index in [1.165, 1.54) is 0 Å². The third kappa shape index (κ3) is 4.66. The first kappa shape index (κ1) is 15.6. The van der Waals surface area contributed by atoms with Crippen LogP contribution in [0.25, 0.3) is 0 Å². The van der Waals surface area contributed by atoms with Crippen molar-refractivity contribution in [1.29, 1.82) is 0 Å². The Labute approximate surface area is 130 Å². The minimum absolute atomic E-state index is 0.284. The molecule has 2 rings (SSSR count). The van der Waals surface area contributed by atoms with Gasteiger partial charge in [0.1, 0.15) is 12.4 Å². The van der Waals surface area contributed by atoms with Crippen molar-refractivity contribution in [2.75, 3.05) is 11.9 Å². The summed E-state index contributed by atoms with van der Waals surface area (Å²) >= 11 is 0. The molecule has 2 amide bonds. The van der Waals surface area contributed by atoms with E-state index in [4.69, 9.17) is 4.74 Å². The topological polar surface area (TPSA) is 50.4 Å². The molecule has 0 unspecified atom stereocenters. The van der Waals surface area contributed by atoms with Crippen molar-refractivity contribution in [3.05, 3.63) is 72.3 Å². The number of benzene rings is 2. The summed E-state index contributed by atoms with van der Waals surface area (Å²) in [6, 6.07) is 15.3. The summed E-state index contributed by atoms with van der Waals surface area (Å²) in [6.07, 6.45) is 1.63. The standard InChI is InChI=1S/C18H20N2O2/c1-3-11-19-18(21)20-16-10-9-14(2)12-17(16)22-13-15-7-5-4-6-8-15/h3-10,12H,1,11,13H2,2H3,(H2,19,20,21). The average molecular weight is 296 g/mol. The van der Waals surface area contributed by atoms with Crippen molar-refractivity contribution in [3.8, 4) is 5.75 Å². The minimum atomic E-state index is -0.284. The minimum Gasteiger partial charge on any atom is -0.487 e. The fraction of sp³-hybridized carbons (Fsp3) is 0.167. The van der Waals surface area contributed by atoms with Crippen molar-refractivity contribution in [2.45, 2.75) is 13.5 Å². The summed E-state index contributed by atoms with van der Waals surface area (Å²) in [7, 11) is 0. The summed E-state index contributed by atoms with van der Waals surface area (Å²) in [5.74, 6) is 0.651. The molecule has 0 saturated heterocycles. The van der Waals surface area contributed by atoms with Crippen LogP contribution in [0.2, 0.25) is 0 Å². The van der Waals surface area contributed by atoms with Gasteiger partial charge in [0.25, 0.3) is 0 Å². The molecule has 22 heavy (non-hydrogen) atoms. The highest BCUT2D eigenvalue weighted by Gasteiger charge is 2.08. The first-order valence-corrected chi connectivity index (χ1v) is 7.12. The fourth-order valence-electron chi connectivity index (χ4n) is 1.92. The van der Waals surface area contributed by atoms with Crippen LogP contribution >= 0.6 is 0 Å². The Kier molecular flexibility index (Phi) is 5.60. The molecule has 0 aliphatic carbocycles. The molecular formula is C18H20N2O2. The van der Waals surface area contributed by atoms with Crippen LogP contribution in [-0.2, 0) is 6.61 Å². The molecule has 2 aromatic carbocycles. The number of aryl methyl sites for hydroxylation is 1. The largest absolute Gasteiger partial charge is 0.487 e. The van der Waals surface area contributed by atoms with Gasteiger partial charge < -0.3 is 15.4 Å². The molecule has 2 N–H and O–H groups in total. The van der Waals surface area contributed by atoms with Gasteiger partial charge in [0.05, 0.1) is 5.69 Å². The van der Waals surface area contributed by atoms with Gasteiger partial charge in [0.15, 0.2) is 0 Å². The van der Waals surface area contributed by atoms with E-state index in [1.807, 2.05) is 55.5 Å². The summed E-state index contributed by atoms with van der Waals surface area (Å²) in [5.41, 5.74) is 2.79. The zero-order valence-corrected chi connectivity index (χ0v) is 12.6. The van der Waals surface area contributed by atoms with Gasteiger partial charge in [0, 0.05) is 6.54 Å². The second-order valence-corrected chi connectivity index (χ2v) is 4.90. The predicted octanol–water partition coefficient (Wildman–Crippen LogP) is 3.88. The van der Waals surface area contributed by atoms with Crippen molar-refractivity contribution < 1.29 is 9.53 Å². The molecule has 2 aromatic rings. The molecule has 114 valence electrons. The highest BCUT2D eigenvalue weighted by molar-refractivity contribution is 5.91. The Morgan fingerprint density at radius 1 is 1.23 bits per heavy atom. The van der Waals surface area contributed by atoms with Crippen LogP contribution in [0.4, 0.5) is 10.5 Å². The van der Waals surface area contributed by atoms with Gasteiger partial charge in [0.2, 0.25) is 0 Å². The van der Waals surface area contributed by atoms with E-state index in [-0.39, 0.29) is 6.03 Å². The lowest BCUT2D eigenvalue weighted by Gasteiger charge is -2.13. The van der Waals surface area contributed by atoms with Crippen molar-refractivity contribution >= 4 is 11.7 Å². The van der Waals surface area contributed by atoms with Gasteiger partial charge in [-0.1, -0.05) is 42.5 Å². The Morgan fingerprint density at radius 3 is 2.73 bits per heavy atom. The van der Waals surface area contributed by atoms with Gasteiger partial charge in [-0.3, -0.25) is 0 Å². The second kappa shape index (κ2) is 7.88. The van der Waals surface area contributed by atoms with Crippen LogP contribution in [0.3, 0.4) is 0 Å². The van der Waals surface area contributed by atoms with Gasteiger partial charge in [-0.25, -0.2) is 4.79 Å². The number of amides is 2. The number of ether oxygens (including phenoxy) is 1. The molecule has 4 heteroatoms. The molecule has 4 nitrogen and oxygen atoms in total. The third-order valence-electron chi connectivity index (χ3n) is 3.03. The molecule has 0 aromatic heterocycles. The van der Waals surface area contributed by atoms with Crippen molar-refractivity contribution in [1.82, 2.24) is 5.32 Å². The highest BCUT2D eigenvalue weighted by atomic mass is 16.5. The number of urea groups is 1. The quantitative estimate of drug-likeness (QED) is 0.795. The van der Waals surface area contributed by atoms with Crippen molar-refractivity contribution in [2.24, 2.45) is 0 Å². The number of carbonyl (C=O) groups is 1. The van der Waals surface area contributed by atoms with Crippen molar-refractivity contribution in [3.63, 3.8) is 0 Å². The average Bonchev–Trinajstić information content (AvgIpc) is 2.54. The summed E-state index contributed by atoms with van der Waals surface area (Å²) in [5, 5.41) is 5.46. The van der Waals surface area contributed by atoms with E-state index >= 15 is 0 Å². The first-order valence-electron chi connectivity index (χ1n) is 7.12. The monoisotopic (exact) mass is 296 g/mol. The number of nitrogens with one attached hydrogen (secondary N) is 2. The Morgan fingerprint density at radius 2 is 2.00 bits per heavy atom. The molecule has 0 spiro atoms. The molecule has 0 bridgehead atoms. The Bertz CT molecular complexity index is 639. The van der Waals surface area contributed by atoms with Gasteiger partial charge in [-0.15, -0.1) is 6.58 Å². The maximum atomic E-state index is 11.8. The number of rotatable bonds is 6. The second-order valence-electron chi connectivity index (χ2n) is 4.90. The van der Waals surface area contributed by atoms with Gasteiger partial charge in [-0.2, -0.15) is 0 Å². The smallest absolute Gasteiger partial charge is 0.319 e. The van der Waals surface area contributed by atoms with Gasteiger partial charge in [-0.05, 0) is 30.2 Å². The normalized spacial score (nSPS) is 9.86. The predicted molar refractivity (Wildman–Crippen MR) is 89.2 cm³/mol. The maximum Gasteiger partial charge on any atom is 0.319 e. The van der Waals surface area contributed by atoms with E-state index < -0.39 is 0 Å².